The molecule has 0 saturated carbocycles. The maximum absolute atomic E-state index is 13.5. The van der Waals surface area contributed by atoms with Crippen molar-refractivity contribution >= 4 is 0 Å². The minimum absolute atomic E-state index is 0.293. The third-order valence-corrected chi connectivity index (χ3v) is 5.95. The molecule has 5 fully saturated rings. The fourth-order valence-electron chi connectivity index (χ4n) is 4.59. The average Bonchev–Trinajstić information content (AvgIpc) is 2.99. The van der Waals surface area contributed by atoms with Crippen LogP contribution in [0.2, 0.25) is 0 Å². The Balaban J connectivity index is 1.72. The van der Waals surface area contributed by atoms with Gasteiger partial charge >= 0.3 is 0 Å². The molecule has 0 amide bonds. The molecule has 4 atom stereocenters. The first kappa shape index (κ1) is 12.2. The first-order chi connectivity index (χ1) is 9.37. The van der Waals surface area contributed by atoms with E-state index < -0.39 is 45.3 Å². The van der Waals surface area contributed by atoms with Crippen LogP contribution in [0.5, 0.6) is 0 Å². The summed E-state index contributed by atoms with van der Waals surface area (Å²) >= 11 is 0. The molecular weight excluding hydrogens is 268 g/mol. The van der Waals surface area contributed by atoms with Crippen LogP contribution in [0, 0.1) is 10.4 Å². The van der Waals surface area contributed by atoms with Crippen LogP contribution >= 0.6 is 0 Å². The summed E-state index contributed by atoms with van der Waals surface area (Å²) in [6, 6.07) is 0. The molecule has 0 aromatic carbocycles. The summed E-state index contributed by atoms with van der Waals surface area (Å²) < 4.78 is 21.6. The number of fused-ring (bicyclic) bond motifs is 2. The molecule has 4 unspecified atom stereocenters. The van der Waals surface area contributed by atoms with Gasteiger partial charge in [-0.05, 0) is 13.8 Å². The molecule has 0 aromatic heterocycles. The van der Waals surface area contributed by atoms with E-state index >= 15 is 0 Å². The number of hydrogen-bond acceptors (Lipinski definition) is 6. The predicted molar refractivity (Wildman–Crippen MR) is 63.0 cm³/mol. The van der Waals surface area contributed by atoms with Gasteiger partial charge in [0.15, 0.2) is 0 Å². The maximum Gasteiger partial charge on any atom is 0.277 e. The van der Waals surface area contributed by atoms with Crippen molar-refractivity contribution in [3.8, 4) is 0 Å². The van der Waals surface area contributed by atoms with E-state index in [4.69, 9.17) is 18.9 Å². The Hall–Kier alpha value is -0.320. The van der Waals surface area contributed by atoms with Gasteiger partial charge in [0.05, 0.1) is 0 Å². The Morgan fingerprint density at radius 1 is 0.700 bits per heavy atom. The van der Waals surface area contributed by atoms with Gasteiger partial charge in [-0.1, -0.05) is 0 Å². The fourth-order valence-corrected chi connectivity index (χ4v) is 4.59. The third-order valence-electron chi connectivity index (χ3n) is 5.95. The molecule has 8 nitrogen and oxygen atoms in total. The molecule has 0 N–H and O–H groups in total. The molecule has 0 spiro atoms. The quantitative estimate of drug-likeness (QED) is 0.444. The standard InChI is InChI=1S/C12H18N2O6/c1-11-3-17-7-9-14(16)10(8(18-4-11)13(7,11)15)20-6-12(14,2)5-19-9/h7-10H,3-6H2,1-2H3. The Bertz CT molecular complexity index is 426. The summed E-state index contributed by atoms with van der Waals surface area (Å²) in [5.74, 6) is 0. The SMILES string of the molecule is CC12COC3C4OCC5(C)COC(C(OC1)[N+]32[O-])[N+]45[O-]. The smallest absolute Gasteiger partial charge is 0.277 e. The van der Waals surface area contributed by atoms with E-state index in [2.05, 4.69) is 0 Å². The summed E-state index contributed by atoms with van der Waals surface area (Å²) in [4.78, 5) is 0. The van der Waals surface area contributed by atoms with E-state index in [9.17, 15) is 10.4 Å². The van der Waals surface area contributed by atoms with Gasteiger partial charge in [0.2, 0.25) is 0 Å². The molecule has 5 aliphatic heterocycles. The maximum atomic E-state index is 13.5. The first-order valence-corrected chi connectivity index (χ1v) is 7.02. The summed E-state index contributed by atoms with van der Waals surface area (Å²) in [6.45, 7) is 4.88. The number of hydrogen-bond donors (Lipinski definition) is 0. The highest BCUT2D eigenvalue weighted by molar-refractivity contribution is 5.00. The Labute approximate surface area is 116 Å². The zero-order valence-corrected chi connectivity index (χ0v) is 11.5. The topological polar surface area (TPSA) is 83.0 Å². The van der Waals surface area contributed by atoms with Crippen LogP contribution < -0.4 is 0 Å². The molecule has 0 bridgehead atoms. The summed E-state index contributed by atoms with van der Waals surface area (Å²) in [6.07, 6.45) is -3.26. The molecule has 8 heteroatoms. The molecule has 20 heavy (non-hydrogen) atoms. The van der Waals surface area contributed by atoms with Crippen molar-refractivity contribution < 1.29 is 28.2 Å². The van der Waals surface area contributed by atoms with E-state index in [0.29, 0.717) is 26.4 Å². The highest BCUT2D eigenvalue weighted by Crippen LogP contribution is 2.59. The number of piperazine rings is 1. The predicted octanol–water partition coefficient (Wildman–Crippen LogP) is -0.428. The zero-order chi connectivity index (χ0) is 14.0. The van der Waals surface area contributed by atoms with Gasteiger partial charge in [0.25, 0.3) is 24.9 Å². The van der Waals surface area contributed by atoms with Gasteiger partial charge in [0.1, 0.15) is 37.5 Å². The van der Waals surface area contributed by atoms with Crippen LogP contribution in [0.1, 0.15) is 13.8 Å². The van der Waals surface area contributed by atoms with Crippen molar-refractivity contribution in [3.05, 3.63) is 10.4 Å². The number of nitrogens with zero attached hydrogens (tertiary/aromatic N) is 2. The van der Waals surface area contributed by atoms with E-state index in [0.717, 1.165) is 0 Å². The Morgan fingerprint density at radius 3 is 1.20 bits per heavy atom. The molecule has 0 aliphatic carbocycles. The lowest BCUT2D eigenvalue weighted by molar-refractivity contribution is -1.09. The first-order valence-electron chi connectivity index (χ1n) is 7.02. The third kappa shape index (κ3) is 0.906. The molecule has 5 rings (SSSR count). The number of hydroxylamine groups is 6. The molecule has 5 aliphatic rings. The lowest BCUT2D eigenvalue weighted by Crippen LogP contribution is -2.80. The van der Waals surface area contributed by atoms with Gasteiger partial charge in [-0.15, -0.1) is 0 Å². The Kier molecular flexibility index (Phi) is 1.87. The lowest BCUT2D eigenvalue weighted by atomic mass is 9.99. The molecule has 5 saturated heterocycles. The van der Waals surface area contributed by atoms with E-state index in [1.165, 1.54) is 0 Å². The van der Waals surface area contributed by atoms with Crippen LogP contribution in [-0.2, 0) is 18.9 Å². The largest absolute Gasteiger partial charge is 0.628 e. The van der Waals surface area contributed by atoms with Crippen LogP contribution in [0.15, 0.2) is 0 Å². The van der Waals surface area contributed by atoms with Gasteiger partial charge in [-0.3, -0.25) is 9.29 Å². The summed E-state index contributed by atoms with van der Waals surface area (Å²) in [5.41, 5.74) is -1.34. The van der Waals surface area contributed by atoms with Gasteiger partial charge in [0, 0.05) is 0 Å². The summed E-state index contributed by atoms with van der Waals surface area (Å²) in [7, 11) is 0. The second-order valence-electron chi connectivity index (χ2n) is 7.22. The fraction of sp³-hybridized carbons (Fsp3) is 1.00. The molecule has 112 valence electrons. The second-order valence-corrected chi connectivity index (χ2v) is 7.22. The van der Waals surface area contributed by atoms with Gasteiger partial charge in [-0.2, -0.15) is 0 Å². The highest BCUT2D eigenvalue weighted by Gasteiger charge is 2.81. The molecule has 5 heterocycles. The molecule has 0 radical (unpaired) electrons. The van der Waals surface area contributed by atoms with E-state index in [1.807, 2.05) is 13.8 Å². The number of rotatable bonds is 0. The van der Waals surface area contributed by atoms with Crippen molar-refractivity contribution in [3.63, 3.8) is 0 Å². The van der Waals surface area contributed by atoms with Crippen molar-refractivity contribution in [1.29, 1.82) is 0 Å². The highest BCUT2D eigenvalue weighted by atomic mass is 16.8. The van der Waals surface area contributed by atoms with Crippen LogP contribution in [0.25, 0.3) is 0 Å². The monoisotopic (exact) mass is 286 g/mol. The average molecular weight is 286 g/mol. The van der Waals surface area contributed by atoms with Crippen LogP contribution in [-0.4, -0.2) is 71.7 Å². The van der Waals surface area contributed by atoms with Crippen molar-refractivity contribution in [2.45, 2.75) is 49.8 Å². The van der Waals surface area contributed by atoms with E-state index in [-0.39, 0.29) is 0 Å². The van der Waals surface area contributed by atoms with E-state index in [1.54, 1.807) is 0 Å². The normalized spacial score (nSPS) is 70.2. The molecular formula is C12H18N2O6. The van der Waals surface area contributed by atoms with Crippen LogP contribution in [0.4, 0.5) is 0 Å². The number of quaternary nitrogens is 2. The van der Waals surface area contributed by atoms with Crippen molar-refractivity contribution in [2.24, 2.45) is 0 Å². The summed E-state index contributed by atoms with van der Waals surface area (Å²) in [5, 5.41) is 27.0. The Morgan fingerprint density at radius 2 is 0.950 bits per heavy atom. The van der Waals surface area contributed by atoms with Crippen LogP contribution in [0.3, 0.4) is 0 Å². The lowest BCUT2D eigenvalue weighted by Gasteiger charge is -2.61. The van der Waals surface area contributed by atoms with Gasteiger partial charge < -0.3 is 29.4 Å². The van der Waals surface area contributed by atoms with Crippen molar-refractivity contribution in [1.82, 2.24) is 0 Å². The molecule has 0 aromatic rings. The number of ether oxygens (including phenoxy) is 4. The minimum Gasteiger partial charge on any atom is -0.628 e. The van der Waals surface area contributed by atoms with Crippen molar-refractivity contribution in [2.75, 3.05) is 26.4 Å². The second kappa shape index (κ2) is 3.06. The zero-order valence-electron chi connectivity index (χ0n) is 11.5. The van der Waals surface area contributed by atoms with Gasteiger partial charge in [-0.25, -0.2) is 0 Å². The minimum atomic E-state index is -0.815.